The summed E-state index contributed by atoms with van der Waals surface area (Å²) in [5.74, 6) is 10.7. The fourth-order valence-corrected chi connectivity index (χ4v) is 2.92. The van der Waals surface area contributed by atoms with Gasteiger partial charge in [-0.25, -0.2) is 0 Å². The Balaban J connectivity index is 2.15. The Labute approximate surface area is 163 Å². The monoisotopic (exact) mass is 370 g/mol. The lowest BCUT2D eigenvalue weighted by molar-refractivity contribution is -0.150. The summed E-state index contributed by atoms with van der Waals surface area (Å²) in [6.07, 6.45) is 12.4. The van der Waals surface area contributed by atoms with Gasteiger partial charge in [0.25, 0.3) is 0 Å². The molecule has 1 saturated heterocycles. The van der Waals surface area contributed by atoms with Crippen LogP contribution in [0.1, 0.15) is 65.2 Å². The molecule has 1 rings (SSSR count). The lowest BCUT2D eigenvalue weighted by Crippen LogP contribution is -2.30. The average Bonchev–Trinajstić information content (AvgIpc) is 2.88. The minimum absolute atomic E-state index is 0.253. The zero-order valence-corrected chi connectivity index (χ0v) is 16.5. The van der Waals surface area contributed by atoms with Crippen LogP contribution in [-0.2, 0) is 19.1 Å². The molecule has 0 saturated carbocycles. The summed E-state index contributed by atoms with van der Waals surface area (Å²) < 4.78 is 10.5. The summed E-state index contributed by atoms with van der Waals surface area (Å²) in [4.78, 5) is 23.1. The predicted molar refractivity (Wildman–Crippen MR) is 106 cm³/mol. The van der Waals surface area contributed by atoms with E-state index in [1.165, 1.54) is 6.92 Å². The second-order valence-corrected chi connectivity index (χ2v) is 6.61. The SMILES string of the molecule is C=CCC/C=C/C#CC#CCCCCCC[C@H]1C(=O)O[C@H](C)[C@@H]1OC(C)=O. The molecule has 0 aromatic rings. The van der Waals surface area contributed by atoms with Crippen LogP contribution in [0.4, 0.5) is 0 Å². The third-order valence-electron chi connectivity index (χ3n) is 4.29. The summed E-state index contributed by atoms with van der Waals surface area (Å²) >= 11 is 0. The molecular formula is C23H30O4. The number of carbonyl (C=O) groups is 2. The second-order valence-electron chi connectivity index (χ2n) is 6.61. The first-order valence-electron chi connectivity index (χ1n) is 9.68. The van der Waals surface area contributed by atoms with Crippen LogP contribution in [-0.4, -0.2) is 24.1 Å². The van der Waals surface area contributed by atoms with E-state index in [4.69, 9.17) is 9.47 Å². The van der Waals surface area contributed by atoms with Crippen molar-refractivity contribution < 1.29 is 19.1 Å². The van der Waals surface area contributed by atoms with Gasteiger partial charge in [0.1, 0.15) is 6.10 Å². The molecule has 3 atom stereocenters. The highest BCUT2D eigenvalue weighted by Crippen LogP contribution is 2.29. The molecule has 0 N–H and O–H groups in total. The van der Waals surface area contributed by atoms with Crippen LogP contribution in [0, 0.1) is 29.6 Å². The minimum Gasteiger partial charge on any atom is -0.458 e. The molecule has 0 unspecified atom stereocenters. The zero-order valence-electron chi connectivity index (χ0n) is 16.5. The van der Waals surface area contributed by atoms with Crippen molar-refractivity contribution in [2.24, 2.45) is 5.92 Å². The quantitative estimate of drug-likeness (QED) is 0.248. The lowest BCUT2D eigenvalue weighted by Gasteiger charge is -2.18. The van der Waals surface area contributed by atoms with Crippen molar-refractivity contribution in [2.45, 2.75) is 77.4 Å². The van der Waals surface area contributed by atoms with Crippen molar-refractivity contribution in [2.75, 3.05) is 0 Å². The molecule has 1 aliphatic heterocycles. The molecule has 0 bridgehead atoms. The highest BCUT2D eigenvalue weighted by Gasteiger charge is 2.44. The molecule has 4 nitrogen and oxygen atoms in total. The first-order chi connectivity index (χ1) is 13.1. The number of cyclic esters (lactones) is 1. The van der Waals surface area contributed by atoms with Gasteiger partial charge in [-0.3, -0.25) is 9.59 Å². The number of esters is 2. The van der Waals surface area contributed by atoms with Gasteiger partial charge >= 0.3 is 11.9 Å². The minimum atomic E-state index is -0.453. The van der Waals surface area contributed by atoms with Gasteiger partial charge in [0.2, 0.25) is 0 Å². The first kappa shape index (κ1) is 22.6. The largest absolute Gasteiger partial charge is 0.458 e. The van der Waals surface area contributed by atoms with E-state index in [0.717, 1.165) is 44.9 Å². The van der Waals surface area contributed by atoms with Crippen molar-refractivity contribution in [3.05, 3.63) is 24.8 Å². The normalized spacial score (nSPS) is 21.0. The molecule has 0 aromatic carbocycles. The molecule has 1 aliphatic rings. The molecule has 4 heteroatoms. The predicted octanol–water partition coefficient (Wildman–Crippen LogP) is 4.35. The van der Waals surface area contributed by atoms with E-state index in [0.29, 0.717) is 6.42 Å². The third-order valence-corrected chi connectivity index (χ3v) is 4.29. The Morgan fingerprint density at radius 1 is 1.22 bits per heavy atom. The summed E-state index contributed by atoms with van der Waals surface area (Å²) in [5.41, 5.74) is 0. The van der Waals surface area contributed by atoms with Crippen LogP contribution >= 0.6 is 0 Å². The Morgan fingerprint density at radius 2 is 2.00 bits per heavy atom. The molecule has 1 fully saturated rings. The van der Waals surface area contributed by atoms with E-state index in [1.807, 2.05) is 18.2 Å². The van der Waals surface area contributed by atoms with E-state index in [1.54, 1.807) is 6.92 Å². The van der Waals surface area contributed by atoms with E-state index < -0.39 is 6.10 Å². The number of hydrogen-bond acceptors (Lipinski definition) is 4. The average molecular weight is 370 g/mol. The molecule has 0 spiro atoms. The Morgan fingerprint density at radius 3 is 2.74 bits per heavy atom. The number of carbonyl (C=O) groups excluding carboxylic acids is 2. The molecule has 1 heterocycles. The smallest absolute Gasteiger partial charge is 0.313 e. The van der Waals surface area contributed by atoms with E-state index in [-0.39, 0.29) is 24.0 Å². The van der Waals surface area contributed by atoms with Crippen LogP contribution in [0.15, 0.2) is 24.8 Å². The third kappa shape index (κ3) is 9.71. The number of rotatable bonds is 10. The molecule has 146 valence electrons. The first-order valence-corrected chi connectivity index (χ1v) is 9.68. The topological polar surface area (TPSA) is 52.6 Å². The van der Waals surface area contributed by atoms with Gasteiger partial charge < -0.3 is 9.47 Å². The molecule has 0 aliphatic carbocycles. The van der Waals surface area contributed by atoms with Gasteiger partial charge in [0.05, 0.1) is 5.92 Å². The van der Waals surface area contributed by atoms with Crippen molar-refractivity contribution in [3.8, 4) is 23.7 Å². The van der Waals surface area contributed by atoms with Crippen LogP contribution in [0.25, 0.3) is 0 Å². The van der Waals surface area contributed by atoms with E-state index in [2.05, 4.69) is 30.3 Å². The summed E-state index contributed by atoms with van der Waals surface area (Å²) in [5, 5.41) is 0. The fraction of sp³-hybridized carbons (Fsp3) is 0.565. The van der Waals surface area contributed by atoms with Gasteiger partial charge in [-0.05, 0) is 50.5 Å². The van der Waals surface area contributed by atoms with Gasteiger partial charge in [0.15, 0.2) is 6.10 Å². The van der Waals surface area contributed by atoms with Gasteiger partial charge in [-0.2, -0.15) is 0 Å². The van der Waals surface area contributed by atoms with Gasteiger partial charge in [-0.1, -0.05) is 43.3 Å². The van der Waals surface area contributed by atoms with Gasteiger partial charge in [0, 0.05) is 13.3 Å². The molecule has 27 heavy (non-hydrogen) atoms. The molecule has 0 amide bonds. The number of hydrogen-bond donors (Lipinski definition) is 0. The van der Waals surface area contributed by atoms with Gasteiger partial charge in [-0.15, -0.1) is 6.58 Å². The second kappa shape index (κ2) is 13.7. The standard InChI is InChI=1S/C23H30O4/c1-4-5-6-7-8-9-10-11-12-13-14-15-16-17-18-21-22(27-20(3)24)19(2)26-23(21)25/h4,7-8,19,21-22H,1,5-6,13-18H2,2-3H3/b8-7+/t19-,21-,22+/m1/s1. The number of ether oxygens (including phenoxy) is 2. The highest BCUT2D eigenvalue weighted by atomic mass is 16.6. The highest BCUT2D eigenvalue weighted by molar-refractivity contribution is 5.76. The fourth-order valence-electron chi connectivity index (χ4n) is 2.92. The maximum Gasteiger partial charge on any atom is 0.313 e. The van der Waals surface area contributed by atoms with Crippen LogP contribution < -0.4 is 0 Å². The van der Waals surface area contributed by atoms with Crippen molar-refractivity contribution in [1.29, 1.82) is 0 Å². The Kier molecular flexibility index (Phi) is 11.5. The van der Waals surface area contributed by atoms with Crippen LogP contribution in [0.2, 0.25) is 0 Å². The maximum atomic E-state index is 11.9. The maximum absolute atomic E-state index is 11.9. The molecule has 0 aromatic heterocycles. The number of unbranched alkanes of at least 4 members (excludes halogenated alkanes) is 5. The zero-order chi connectivity index (χ0) is 19.9. The Bertz CT molecular complexity index is 639. The summed E-state index contributed by atoms with van der Waals surface area (Å²) in [7, 11) is 0. The van der Waals surface area contributed by atoms with E-state index >= 15 is 0 Å². The van der Waals surface area contributed by atoms with Crippen molar-refractivity contribution in [3.63, 3.8) is 0 Å². The number of allylic oxidation sites excluding steroid dienone is 3. The lowest BCUT2D eigenvalue weighted by atomic mass is 9.94. The summed E-state index contributed by atoms with van der Waals surface area (Å²) in [6, 6.07) is 0. The van der Waals surface area contributed by atoms with Crippen LogP contribution in [0.3, 0.4) is 0 Å². The molecular weight excluding hydrogens is 340 g/mol. The summed E-state index contributed by atoms with van der Waals surface area (Å²) in [6.45, 7) is 6.79. The van der Waals surface area contributed by atoms with Crippen molar-refractivity contribution >= 4 is 11.9 Å². The Hall–Kier alpha value is -2.46. The van der Waals surface area contributed by atoms with Crippen LogP contribution in [0.5, 0.6) is 0 Å². The molecule has 0 radical (unpaired) electrons. The van der Waals surface area contributed by atoms with E-state index in [9.17, 15) is 9.59 Å². The van der Waals surface area contributed by atoms with Crippen molar-refractivity contribution in [1.82, 2.24) is 0 Å².